The summed E-state index contributed by atoms with van der Waals surface area (Å²) in [5.41, 5.74) is 0.402. The van der Waals surface area contributed by atoms with E-state index in [2.05, 4.69) is 27.9 Å². The average Bonchev–Trinajstić information content (AvgIpc) is 3.40. The second kappa shape index (κ2) is 14.1. The Morgan fingerprint density at radius 3 is 2.80 bits per heavy atom. The highest BCUT2D eigenvalue weighted by Gasteiger charge is 2.42. The molecule has 3 rings (SSSR count). The summed E-state index contributed by atoms with van der Waals surface area (Å²) < 4.78 is 18.1. The first-order chi connectivity index (χ1) is 17.0. The van der Waals surface area contributed by atoms with Gasteiger partial charge in [0.2, 0.25) is 5.91 Å². The van der Waals surface area contributed by atoms with Crippen molar-refractivity contribution in [1.82, 2.24) is 10.2 Å². The fourth-order valence-corrected chi connectivity index (χ4v) is 4.86. The summed E-state index contributed by atoms with van der Waals surface area (Å²) in [5, 5.41) is 23.2. The number of benzene rings is 1. The molecular weight excluding hydrogens is 567 g/mol. The van der Waals surface area contributed by atoms with Crippen molar-refractivity contribution >= 4 is 34.4 Å². The molecule has 0 aromatic heterocycles. The molecule has 1 saturated heterocycles. The van der Waals surface area contributed by atoms with Crippen LogP contribution in [-0.2, 0) is 19.1 Å². The van der Waals surface area contributed by atoms with Crippen LogP contribution in [0.5, 0.6) is 5.75 Å². The molecule has 1 heterocycles. The fraction of sp³-hybridized carbons (Fsp3) is 0.600. The Morgan fingerprint density at radius 1 is 1.31 bits per heavy atom. The molecule has 0 radical (unpaired) electrons. The number of rotatable bonds is 12. The van der Waals surface area contributed by atoms with E-state index in [9.17, 15) is 14.7 Å². The summed E-state index contributed by atoms with van der Waals surface area (Å²) in [6.07, 6.45) is 1.36. The topological polar surface area (TPSA) is 118 Å². The summed E-state index contributed by atoms with van der Waals surface area (Å²) in [6.45, 7) is 3.79. The SMILES string of the molecule is CCOCCCN(C(=O)C1CCCO1)C1CC(C(=O)NCCO)=CC(Oc2ccccc2I)C1O. The number of hydrogen-bond donors (Lipinski definition) is 3. The number of para-hydroxylation sites is 1. The van der Waals surface area contributed by atoms with Gasteiger partial charge in [-0.25, -0.2) is 0 Å². The van der Waals surface area contributed by atoms with Crippen LogP contribution in [0.3, 0.4) is 0 Å². The number of aliphatic hydroxyl groups excluding tert-OH is 2. The van der Waals surface area contributed by atoms with Crippen LogP contribution in [0.2, 0.25) is 0 Å². The lowest BCUT2D eigenvalue weighted by Gasteiger charge is -2.41. The molecule has 1 aromatic rings. The van der Waals surface area contributed by atoms with Crippen LogP contribution in [0.15, 0.2) is 35.9 Å². The van der Waals surface area contributed by atoms with Crippen LogP contribution in [-0.4, -0.2) is 90.8 Å². The van der Waals surface area contributed by atoms with Crippen LogP contribution >= 0.6 is 22.6 Å². The minimum atomic E-state index is -1.06. The molecule has 10 heteroatoms. The number of carbonyl (C=O) groups is 2. The molecule has 0 bridgehead atoms. The zero-order chi connectivity index (χ0) is 25.2. The minimum Gasteiger partial charge on any atom is -0.482 e. The summed E-state index contributed by atoms with van der Waals surface area (Å²) in [6, 6.07) is 6.74. The number of nitrogens with one attached hydrogen (secondary N) is 1. The van der Waals surface area contributed by atoms with E-state index < -0.39 is 24.4 Å². The van der Waals surface area contributed by atoms with Crippen molar-refractivity contribution in [3.8, 4) is 5.75 Å². The van der Waals surface area contributed by atoms with Gasteiger partial charge in [0.1, 0.15) is 24.1 Å². The molecule has 0 saturated carbocycles. The van der Waals surface area contributed by atoms with Crippen molar-refractivity contribution in [2.45, 2.75) is 57.0 Å². The first-order valence-corrected chi connectivity index (χ1v) is 13.2. The number of ether oxygens (including phenoxy) is 3. The van der Waals surface area contributed by atoms with E-state index in [0.29, 0.717) is 50.5 Å². The molecule has 4 unspecified atom stereocenters. The van der Waals surface area contributed by atoms with E-state index in [1.807, 2.05) is 25.1 Å². The number of hydrogen-bond acceptors (Lipinski definition) is 7. The third-order valence-corrected chi connectivity index (χ3v) is 6.99. The Labute approximate surface area is 219 Å². The third-order valence-electron chi connectivity index (χ3n) is 6.09. The quantitative estimate of drug-likeness (QED) is 0.246. The molecule has 4 atom stereocenters. The number of halogens is 1. The van der Waals surface area contributed by atoms with Crippen molar-refractivity contribution < 1.29 is 34.0 Å². The maximum Gasteiger partial charge on any atom is 0.252 e. The summed E-state index contributed by atoms with van der Waals surface area (Å²) in [4.78, 5) is 28.0. The Bertz CT molecular complexity index is 875. The summed E-state index contributed by atoms with van der Waals surface area (Å²) >= 11 is 2.15. The largest absolute Gasteiger partial charge is 0.482 e. The third kappa shape index (κ3) is 7.63. The lowest BCUT2D eigenvalue weighted by molar-refractivity contribution is -0.148. The van der Waals surface area contributed by atoms with Gasteiger partial charge in [0.15, 0.2) is 0 Å². The van der Waals surface area contributed by atoms with Gasteiger partial charge < -0.3 is 34.6 Å². The molecular formula is C25H35IN2O7. The molecule has 2 aliphatic rings. The van der Waals surface area contributed by atoms with E-state index in [-0.39, 0.29) is 31.4 Å². The maximum atomic E-state index is 13.5. The van der Waals surface area contributed by atoms with Gasteiger partial charge in [0.25, 0.3) is 5.91 Å². The number of nitrogens with zero attached hydrogens (tertiary/aromatic N) is 1. The van der Waals surface area contributed by atoms with Crippen molar-refractivity contribution in [2.75, 3.05) is 39.5 Å². The van der Waals surface area contributed by atoms with Crippen LogP contribution in [0.4, 0.5) is 0 Å². The Hall–Kier alpha value is -1.73. The Morgan fingerprint density at radius 2 is 2.11 bits per heavy atom. The first kappa shape index (κ1) is 27.9. The average molecular weight is 602 g/mol. The van der Waals surface area contributed by atoms with Crippen molar-refractivity contribution in [2.24, 2.45) is 0 Å². The summed E-state index contributed by atoms with van der Waals surface area (Å²) in [7, 11) is 0. The van der Waals surface area contributed by atoms with Gasteiger partial charge in [-0.2, -0.15) is 0 Å². The van der Waals surface area contributed by atoms with Crippen molar-refractivity contribution in [3.05, 3.63) is 39.5 Å². The smallest absolute Gasteiger partial charge is 0.252 e. The molecule has 2 amide bonds. The molecule has 35 heavy (non-hydrogen) atoms. The monoisotopic (exact) mass is 602 g/mol. The fourth-order valence-electron chi connectivity index (χ4n) is 4.34. The second-order valence-corrected chi connectivity index (χ2v) is 9.69. The Kier molecular flexibility index (Phi) is 11.2. The maximum absolute atomic E-state index is 13.5. The standard InChI is InChI=1S/C25H35IN2O7/c1-2-33-13-6-11-28(25(32)21-9-5-14-34-21)19-15-17(24(31)27-10-12-29)16-22(23(19)30)35-20-8-4-3-7-18(20)26/h3-4,7-8,16,19,21-23,29-30H,2,5-6,9-15H2,1H3,(H,27,31). The van der Waals surface area contributed by atoms with E-state index in [1.54, 1.807) is 17.0 Å². The van der Waals surface area contributed by atoms with E-state index in [1.165, 1.54) is 0 Å². The van der Waals surface area contributed by atoms with E-state index >= 15 is 0 Å². The first-order valence-electron chi connectivity index (χ1n) is 12.1. The molecule has 194 valence electrons. The van der Waals surface area contributed by atoms with Gasteiger partial charge in [-0.15, -0.1) is 0 Å². The van der Waals surface area contributed by atoms with Crippen molar-refractivity contribution in [1.29, 1.82) is 0 Å². The molecule has 0 spiro atoms. The van der Waals surface area contributed by atoms with Crippen LogP contribution in [0.1, 0.15) is 32.6 Å². The molecule has 3 N–H and O–H groups in total. The normalized spacial score (nSPS) is 24.1. The predicted octanol–water partition coefficient (Wildman–Crippen LogP) is 1.64. The molecule has 1 fully saturated rings. The molecule has 9 nitrogen and oxygen atoms in total. The van der Waals surface area contributed by atoms with E-state index in [4.69, 9.17) is 19.3 Å². The predicted molar refractivity (Wildman–Crippen MR) is 138 cm³/mol. The van der Waals surface area contributed by atoms with Gasteiger partial charge in [0, 0.05) is 44.9 Å². The lowest BCUT2D eigenvalue weighted by Crippen LogP contribution is -2.57. The van der Waals surface area contributed by atoms with Crippen molar-refractivity contribution in [3.63, 3.8) is 0 Å². The van der Waals surface area contributed by atoms with Gasteiger partial charge in [-0.05, 0) is 67.0 Å². The van der Waals surface area contributed by atoms with E-state index in [0.717, 1.165) is 9.99 Å². The van der Waals surface area contributed by atoms with Gasteiger partial charge in [0.05, 0.1) is 16.2 Å². The molecule has 1 aliphatic carbocycles. The number of amides is 2. The van der Waals surface area contributed by atoms with Crippen LogP contribution < -0.4 is 10.1 Å². The molecule has 1 aliphatic heterocycles. The van der Waals surface area contributed by atoms with Gasteiger partial charge >= 0.3 is 0 Å². The molecule has 1 aromatic carbocycles. The number of aliphatic hydroxyl groups is 2. The zero-order valence-corrected chi connectivity index (χ0v) is 22.2. The van der Waals surface area contributed by atoms with Crippen LogP contribution in [0.25, 0.3) is 0 Å². The summed E-state index contributed by atoms with van der Waals surface area (Å²) in [5.74, 6) is 0.0387. The van der Waals surface area contributed by atoms with Gasteiger partial charge in [-0.3, -0.25) is 9.59 Å². The Balaban J connectivity index is 1.89. The zero-order valence-electron chi connectivity index (χ0n) is 20.0. The highest BCUT2D eigenvalue weighted by molar-refractivity contribution is 14.1. The minimum absolute atomic E-state index is 0.110. The second-order valence-electron chi connectivity index (χ2n) is 8.53. The van der Waals surface area contributed by atoms with Gasteiger partial charge in [-0.1, -0.05) is 12.1 Å². The highest BCUT2D eigenvalue weighted by atomic mass is 127. The lowest BCUT2D eigenvalue weighted by atomic mass is 9.87. The highest BCUT2D eigenvalue weighted by Crippen LogP contribution is 2.30. The number of carbonyl (C=O) groups excluding carboxylic acids is 2. The van der Waals surface area contributed by atoms with Crippen LogP contribution in [0, 0.1) is 3.57 Å².